The minimum atomic E-state index is 0. The number of para-hydroxylation sites is 1. The Bertz CT molecular complexity index is 646. The van der Waals surface area contributed by atoms with Crippen molar-refractivity contribution in [2.75, 3.05) is 12.3 Å². The first-order valence-corrected chi connectivity index (χ1v) is 7.84. The molecule has 2 N–H and O–H groups in total. The first-order chi connectivity index (χ1) is 10.6. The fourth-order valence-corrected chi connectivity index (χ4v) is 2.57. The third kappa shape index (κ3) is 5.45. The Kier molecular flexibility index (Phi) is 7.93. The van der Waals surface area contributed by atoms with E-state index >= 15 is 0 Å². The van der Waals surface area contributed by atoms with E-state index in [1.165, 1.54) is 0 Å². The number of amides is 1. The summed E-state index contributed by atoms with van der Waals surface area (Å²) >= 11 is 6.17. The average Bonchev–Trinajstić information content (AvgIpc) is 2.53. The number of aryl methyl sites for hydroxylation is 1. The summed E-state index contributed by atoms with van der Waals surface area (Å²) in [5.41, 5.74) is 8.65. The van der Waals surface area contributed by atoms with E-state index in [0.717, 1.165) is 16.8 Å². The molecule has 1 amide bonds. The van der Waals surface area contributed by atoms with Crippen molar-refractivity contribution in [3.8, 4) is 0 Å². The fourth-order valence-electron chi connectivity index (χ4n) is 2.37. The summed E-state index contributed by atoms with van der Waals surface area (Å²) in [5, 5.41) is 0.695. The van der Waals surface area contributed by atoms with Gasteiger partial charge >= 0.3 is 0 Å². The van der Waals surface area contributed by atoms with Gasteiger partial charge in [-0.25, -0.2) is 0 Å². The van der Waals surface area contributed by atoms with E-state index < -0.39 is 0 Å². The number of nitrogens with zero attached hydrogens (tertiary/aromatic N) is 1. The molecule has 23 heavy (non-hydrogen) atoms. The lowest BCUT2D eigenvalue weighted by molar-refractivity contribution is -0.131. The Morgan fingerprint density at radius 1 is 1.09 bits per heavy atom. The Morgan fingerprint density at radius 2 is 1.70 bits per heavy atom. The van der Waals surface area contributed by atoms with E-state index in [1.54, 1.807) is 0 Å². The lowest BCUT2D eigenvalue weighted by atomic mass is 10.1. The number of nitrogen functional groups attached to an aromatic ring is 1. The number of hydrogen-bond donors (Lipinski definition) is 1. The van der Waals surface area contributed by atoms with Crippen molar-refractivity contribution >= 4 is 35.6 Å². The third-order valence-electron chi connectivity index (χ3n) is 3.72. The van der Waals surface area contributed by atoms with Gasteiger partial charge in [-0.05, 0) is 36.6 Å². The predicted octanol–water partition coefficient (Wildman–Crippen LogP) is 4.33. The maximum Gasteiger partial charge on any atom is 0.223 e. The summed E-state index contributed by atoms with van der Waals surface area (Å²) in [4.78, 5) is 14.2. The van der Waals surface area contributed by atoms with Crippen molar-refractivity contribution in [3.63, 3.8) is 0 Å². The van der Waals surface area contributed by atoms with Crippen molar-refractivity contribution in [2.24, 2.45) is 0 Å². The van der Waals surface area contributed by atoms with Gasteiger partial charge in [-0.15, -0.1) is 12.4 Å². The van der Waals surface area contributed by atoms with Gasteiger partial charge < -0.3 is 10.6 Å². The molecule has 0 spiro atoms. The van der Waals surface area contributed by atoms with Crippen molar-refractivity contribution in [1.82, 2.24) is 4.90 Å². The van der Waals surface area contributed by atoms with Crippen molar-refractivity contribution < 1.29 is 4.79 Å². The normalized spacial score (nSPS) is 10.0. The SMILES string of the molecule is CCN(Cc1ccccc1Cl)C(=O)CCc1ccccc1N.Cl. The Hall–Kier alpha value is -1.71. The summed E-state index contributed by atoms with van der Waals surface area (Å²) in [7, 11) is 0. The van der Waals surface area contributed by atoms with Crippen LogP contribution in [0.15, 0.2) is 48.5 Å². The highest BCUT2D eigenvalue weighted by atomic mass is 35.5. The molecule has 0 aliphatic carbocycles. The van der Waals surface area contributed by atoms with Crippen LogP contribution in [0.1, 0.15) is 24.5 Å². The summed E-state index contributed by atoms with van der Waals surface area (Å²) in [6, 6.07) is 15.3. The average molecular weight is 353 g/mol. The van der Waals surface area contributed by atoms with Crippen LogP contribution in [0.2, 0.25) is 5.02 Å². The highest BCUT2D eigenvalue weighted by molar-refractivity contribution is 6.31. The van der Waals surface area contributed by atoms with Crippen molar-refractivity contribution in [3.05, 3.63) is 64.7 Å². The highest BCUT2D eigenvalue weighted by Crippen LogP contribution is 2.18. The molecule has 0 saturated carbocycles. The monoisotopic (exact) mass is 352 g/mol. The molecule has 2 aromatic carbocycles. The van der Waals surface area contributed by atoms with Crippen LogP contribution in [0.25, 0.3) is 0 Å². The van der Waals surface area contributed by atoms with E-state index in [1.807, 2.05) is 60.4 Å². The van der Waals surface area contributed by atoms with Crippen LogP contribution in [0.3, 0.4) is 0 Å². The molecule has 2 aromatic rings. The number of benzene rings is 2. The Morgan fingerprint density at radius 3 is 2.30 bits per heavy atom. The van der Waals surface area contributed by atoms with Gasteiger partial charge in [0.25, 0.3) is 0 Å². The van der Waals surface area contributed by atoms with Gasteiger partial charge in [-0.2, -0.15) is 0 Å². The molecule has 5 heteroatoms. The van der Waals surface area contributed by atoms with Gasteiger partial charge in [-0.1, -0.05) is 48.0 Å². The minimum absolute atomic E-state index is 0. The number of anilines is 1. The van der Waals surface area contributed by atoms with E-state index in [4.69, 9.17) is 17.3 Å². The Labute approximate surface area is 148 Å². The van der Waals surface area contributed by atoms with Crippen molar-refractivity contribution in [2.45, 2.75) is 26.3 Å². The molecule has 0 bridgehead atoms. The van der Waals surface area contributed by atoms with Crippen LogP contribution in [0.4, 0.5) is 5.69 Å². The molecule has 0 aliphatic heterocycles. The maximum absolute atomic E-state index is 12.4. The van der Waals surface area contributed by atoms with Crippen LogP contribution < -0.4 is 5.73 Å². The number of nitrogens with two attached hydrogens (primary N) is 1. The Balaban J connectivity index is 0.00000264. The zero-order valence-corrected chi connectivity index (χ0v) is 14.7. The molecule has 0 saturated heterocycles. The molecule has 2 rings (SSSR count). The van der Waals surface area contributed by atoms with Gasteiger partial charge in [0, 0.05) is 30.2 Å². The second-order valence-corrected chi connectivity index (χ2v) is 5.61. The third-order valence-corrected chi connectivity index (χ3v) is 4.09. The van der Waals surface area contributed by atoms with Gasteiger partial charge in [0.2, 0.25) is 5.91 Å². The molecule has 124 valence electrons. The van der Waals surface area contributed by atoms with E-state index in [0.29, 0.717) is 31.0 Å². The van der Waals surface area contributed by atoms with Crippen LogP contribution in [0, 0.1) is 0 Å². The summed E-state index contributed by atoms with van der Waals surface area (Å²) < 4.78 is 0. The van der Waals surface area contributed by atoms with E-state index in [2.05, 4.69) is 0 Å². The summed E-state index contributed by atoms with van der Waals surface area (Å²) in [6.07, 6.45) is 1.11. The lowest BCUT2D eigenvalue weighted by Gasteiger charge is -2.21. The zero-order valence-electron chi connectivity index (χ0n) is 13.2. The molecule has 3 nitrogen and oxygen atoms in total. The fraction of sp³-hybridized carbons (Fsp3) is 0.278. The second kappa shape index (κ2) is 9.43. The smallest absolute Gasteiger partial charge is 0.223 e. The van der Waals surface area contributed by atoms with Crippen molar-refractivity contribution in [1.29, 1.82) is 0 Å². The number of carbonyl (C=O) groups excluding carboxylic acids is 1. The van der Waals surface area contributed by atoms with Gasteiger partial charge in [0.05, 0.1) is 0 Å². The first kappa shape index (κ1) is 19.3. The quantitative estimate of drug-likeness (QED) is 0.786. The lowest BCUT2D eigenvalue weighted by Crippen LogP contribution is -2.30. The molecule has 0 aliphatic rings. The molecule has 0 fully saturated rings. The van der Waals surface area contributed by atoms with Gasteiger partial charge in [-0.3, -0.25) is 4.79 Å². The summed E-state index contributed by atoms with van der Waals surface area (Å²) in [6.45, 7) is 3.18. The number of rotatable bonds is 6. The predicted molar refractivity (Wildman–Crippen MR) is 99.0 cm³/mol. The number of hydrogen-bond acceptors (Lipinski definition) is 2. The molecule has 0 radical (unpaired) electrons. The molecule has 0 atom stereocenters. The molecular formula is C18H22Cl2N2O. The topological polar surface area (TPSA) is 46.3 Å². The zero-order chi connectivity index (χ0) is 15.9. The number of carbonyl (C=O) groups is 1. The van der Waals surface area contributed by atoms with E-state index in [-0.39, 0.29) is 18.3 Å². The summed E-state index contributed by atoms with van der Waals surface area (Å²) in [5.74, 6) is 0.116. The van der Waals surface area contributed by atoms with E-state index in [9.17, 15) is 4.79 Å². The number of halogens is 2. The molecule has 0 heterocycles. The first-order valence-electron chi connectivity index (χ1n) is 7.46. The molecule has 0 aromatic heterocycles. The minimum Gasteiger partial charge on any atom is -0.399 e. The van der Waals surface area contributed by atoms with Crippen LogP contribution in [-0.2, 0) is 17.8 Å². The standard InChI is InChI=1S/C18H21ClN2O.ClH/c1-2-21(13-15-8-3-5-9-16(15)19)18(22)12-11-14-7-4-6-10-17(14)20;/h3-10H,2,11-13,20H2,1H3;1H. The van der Waals surface area contributed by atoms with Gasteiger partial charge in [0.1, 0.15) is 0 Å². The molecular weight excluding hydrogens is 331 g/mol. The highest BCUT2D eigenvalue weighted by Gasteiger charge is 2.14. The van der Waals surface area contributed by atoms with Crippen LogP contribution in [0.5, 0.6) is 0 Å². The van der Waals surface area contributed by atoms with Crippen LogP contribution in [-0.4, -0.2) is 17.4 Å². The second-order valence-electron chi connectivity index (χ2n) is 5.20. The van der Waals surface area contributed by atoms with Crippen LogP contribution >= 0.6 is 24.0 Å². The van der Waals surface area contributed by atoms with Gasteiger partial charge in [0.15, 0.2) is 0 Å². The largest absolute Gasteiger partial charge is 0.399 e. The maximum atomic E-state index is 12.4. The molecule has 0 unspecified atom stereocenters.